The molecule has 0 aliphatic carbocycles. The molecule has 1 N–H and O–H groups in total. The molecule has 0 bridgehead atoms. The normalized spacial score (nSPS) is 21.4. The van der Waals surface area contributed by atoms with E-state index < -0.39 is 0 Å². The Bertz CT molecular complexity index is 568. The highest BCUT2D eigenvalue weighted by Gasteiger charge is 2.19. The van der Waals surface area contributed by atoms with Crippen LogP contribution in [0, 0.1) is 5.92 Å². The third-order valence-corrected chi connectivity index (χ3v) is 4.73. The van der Waals surface area contributed by atoms with Gasteiger partial charge in [0.15, 0.2) is 5.96 Å². The SMILES string of the molecule is CN=C(NCc1ccnc(N2CCOCC2)c1)N(C)CC1CCOC1. The molecule has 7 nitrogen and oxygen atoms in total. The molecular weight excluding hydrogens is 318 g/mol. The maximum atomic E-state index is 5.46. The quantitative estimate of drug-likeness (QED) is 0.632. The van der Waals surface area contributed by atoms with Crippen LogP contribution in [-0.2, 0) is 16.0 Å². The molecule has 0 amide bonds. The number of aromatic nitrogens is 1. The summed E-state index contributed by atoms with van der Waals surface area (Å²) in [6.07, 6.45) is 3.01. The fourth-order valence-electron chi connectivity index (χ4n) is 3.30. The lowest BCUT2D eigenvalue weighted by molar-refractivity contribution is 0.122. The molecule has 0 spiro atoms. The fourth-order valence-corrected chi connectivity index (χ4v) is 3.30. The lowest BCUT2D eigenvalue weighted by Crippen LogP contribution is -2.41. The topological polar surface area (TPSA) is 62.2 Å². The van der Waals surface area contributed by atoms with Gasteiger partial charge in [0.1, 0.15) is 5.82 Å². The number of morpholine rings is 1. The summed E-state index contributed by atoms with van der Waals surface area (Å²) < 4.78 is 10.9. The van der Waals surface area contributed by atoms with Gasteiger partial charge in [-0.1, -0.05) is 0 Å². The first-order chi connectivity index (χ1) is 12.3. The van der Waals surface area contributed by atoms with Crippen molar-refractivity contribution in [1.29, 1.82) is 0 Å². The monoisotopic (exact) mass is 347 g/mol. The Morgan fingerprint density at radius 3 is 2.92 bits per heavy atom. The molecule has 3 heterocycles. The molecule has 1 aromatic heterocycles. The van der Waals surface area contributed by atoms with E-state index in [9.17, 15) is 0 Å². The van der Waals surface area contributed by atoms with Gasteiger partial charge in [-0.15, -0.1) is 0 Å². The van der Waals surface area contributed by atoms with E-state index in [4.69, 9.17) is 9.47 Å². The van der Waals surface area contributed by atoms with Crippen LogP contribution in [0.3, 0.4) is 0 Å². The predicted molar refractivity (Wildman–Crippen MR) is 99.0 cm³/mol. The first-order valence-corrected chi connectivity index (χ1v) is 9.03. The van der Waals surface area contributed by atoms with Crippen molar-refractivity contribution in [3.8, 4) is 0 Å². The second kappa shape index (κ2) is 9.01. The van der Waals surface area contributed by atoms with Gasteiger partial charge in [0.2, 0.25) is 0 Å². The zero-order chi connectivity index (χ0) is 17.5. The molecule has 2 fully saturated rings. The second-order valence-electron chi connectivity index (χ2n) is 6.63. The van der Waals surface area contributed by atoms with Crippen molar-refractivity contribution >= 4 is 11.8 Å². The summed E-state index contributed by atoms with van der Waals surface area (Å²) in [6, 6.07) is 4.20. The lowest BCUT2D eigenvalue weighted by atomic mass is 10.1. The molecule has 25 heavy (non-hydrogen) atoms. The Hall–Kier alpha value is -1.86. The number of nitrogens with one attached hydrogen (secondary N) is 1. The van der Waals surface area contributed by atoms with Crippen molar-refractivity contribution < 1.29 is 9.47 Å². The van der Waals surface area contributed by atoms with Crippen LogP contribution in [-0.4, -0.2) is 76.0 Å². The van der Waals surface area contributed by atoms with Gasteiger partial charge in [0.25, 0.3) is 0 Å². The molecule has 2 aliphatic rings. The summed E-state index contributed by atoms with van der Waals surface area (Å²) in [5.41, 5.74) is 1.20. The summed E-state index contributed by atoms with van der Waals surface area (Å²) in [6.45, 7) is 6.78. The predicted octanol–water partition coefficient (Wildman–Crippen LogP) is 0.962. The smallest absolute Gasteiger partial charge is 0.193 e. The van der Waals surface area contributed by atoms with E-state index in [1.54, 1.807) is 0 Å². The third-order valence-electron chi connectivity index (χ3n) is 4.73. The molecule has 0 radical (unpaired) electrons. The first kappa shape index (κ1) is 17.9. The Morgan fingerprint density at radius 2 is 2.20 bits per heavy atom. The maximum Gasteiger partial charge on any atom is 0.193 e. The summed E-state index contributed by atoms with van der Waals surface area (Å²) in [5.74, 6) is 2.53. The molecule has 2 saturated heterocycles. The number of guanidine groups is 1. The molecule has 3 rings (SSSR count). The minimum atomic E-state index is 0.595. The van der Waals surface area contributed by atoms with Gasteiger partial charge in [-0.05, 0) is 24.1 Å². The summed E-state index contributed by atoms with van der Waals surface area (Å²) in [4.78, 5) is 13.4. The standard InChI is InChI=1S/C18H29N5O2/c1-19-18(22(2)13-16-4-8-25-14-16)21-12-15-3-5-20-17(11-15)23-6-9-24-10-7-23/h3,5,11,16H,4,6-10,12-14H2,1-2H3,(H,19,21). The Labute approximate surface area is 150 Å². The number of hydrogen-bond donors (Lipinski definition) is 1. The first-order valence-electron chi connectivity index (χ1n) is 9.03. The summed E-state index contributed by atoms with van der Waals surface area (Å²) in [7, 11) is 3.91. The highest BCUT2D eigenvalue weighted by Crippen LogP contribution is 2.15. The molecule has 1 atom stereocenters. The van der Waals surface area contributed by atoms with E-state index in [-0.39, 0.29) is 0 Å². The highest BCUT2D eigenvalue weighted by molar-refractivity contribution is 5.79. The number of ether oxygens (including phenoxy) is 2. The van der Waals surface area contributed by atoms with Crippen molar-refractivity contribution in [2.45, 2.75) is 13.0 Å². The highest BCUT2D eigenvalue weighted by atomic mass is 16.5. The van der Waals surface area contributed by atoms with E-state index in [0.717, 1.165) is 70.8 Å². The van der Waals surface area contributed by atoms with Crippen LogP contribution in [0.25, 0.3) is 0 Å². The molecule has 2 aliphatic heterocycles. The molecule has 0 aromatic carbocycles. The average molecular weight is 347 g/mol. The van der Waals surface area contributed by atoms with Crippen LogP contribution >= 0.6 is 0 Å². The van der Waals surface area contributed by atoms with E-state index in [1.165, 1.54) is 5.56 Å². The molecule has 1 unspecified atom stereocenters. The molecular formula is C18H29N5O2. The van der Waals surface area contributed by atoms with E-state index in [1.807, 2.05) is 13.2 Å². The van der Waals surface area contributed by atoms with Crippen LogP contribution in [0.2, 0.25) is 0 Å². The number of nitrogens with zero attached hydrogens (tertiary/aromatic N) is 4. The van der Waals surface area contributed by atoms with Crippen molar-refractivity contribution in [3.63, 3.8) is 0 Å². The minimum absolute atomic E-state index is 0.595. The van der Waals surface area contributed by atoms with Gasteiger partial charge < -0.3 is 24.6 Å². The Kier molecular flexibility index (Phi) is 6.47. The second-order valence-corrected chi connectivity index (χ2v) is 6.63. The van der Waals surface area contributed by atoms with E-state index in [2.05, 4.69) is 44.3 Å². The number of pyridine rings is 1. The molecule has 0 saturated carbocycles. The largest absolute Gasteiger partial charge is 0.381 e. The van der Waals surface area contributed by atoms with Crippen LogP contribution in [0.4, 0.5) is 5.82 Å². The summed E-state index contributed by atoms with van der Waals surface area (Å²) in [5, 5.41) is 3.45. The van der Waals surface area contributed by atoms with Crippen LogP contribution in [0.5, 0.6) is 0 Å². The van der Waals surface area contributed by atoms with Crippen molar-refractivity contribution in [1.82, 2.24) is 15.2 Å². The summed E-state index contributed by atoms with van der Waals surface area (Å²) >= 11 is 0. The maximum absolute atomic E-state index is 5.46. The van der Waals surface area contributed by atoms with Crippen LogP contribution in [0.1, 0.15) is 12.0 Å². The number of anilines is 1. The van der Waals surface area contributed by atoms with Crippen molar-refractivity contribution in [3.05, 3.63) is 23.9 Å². The fraction of sp³-hybridized carbons (Fsp3) is 0.667. The van der Waals surface area contributed by atoms with Gasteiger partial charge in [-0.25, -0.2) is 4.98 Å². The van der Waals surface area contributed by atoms with E-state index in [0.29, 0.717) is 5.92 Å². The molecule has 7 heteroatoms. The zero-order valence-electron chi connectivity index (χ0n) is 15.3. The lowest BCUT2D eigenvalue weighted by Gasteiger charge is -2.28. The average Bonchev–Trinajstić information content (AvgIpc) is 3.16. The van der Waals surface area contributed by atoms with Gasteiger partial charge in [-0.2, -0.15) is 0 Å². The number of hydrogen-bond acceptors (Lipinski definition) is 5. The van der Waals surface area contributed by atoms with Gasteiger partial charge >= 0.3 is 0 Å². The minimum Gasteiger partial charge on any atom is -0.381 e. The number of rotatable bonds is 5. The Balaban J connectivity index is 1.54. The third kappa shape index (κ3) is 5.06. The zero-order valence-corrected chi connectivity index (χ0v) is 15.3. The van der Waals surface area contributed by atoms with Gasteiger partial charge in [0, 0.05) is 59.0 Å². The van der Waals surface area contributed by atoms with Crippen molar-refractivity contribution in [2.75, 3.05) is 65.1 Å². The Morgan fingerprint density at radius 1 is 1.36 bits per heavy atom. The van der Waals surface area contributed by atoms with Gasteiger partial charge in [-0.3, -0.25) is 4.99 Å². The van der Waals surface area contributed by atoms with Gasteiger partial charge in [0.05, 0.1) is 19.8 Å². The van der Waals surface area contributed by atoms with Crippen LogP contribution < -0.4 is 10.2 Å². The van der Waals surface area contributed by atoms with Crippen LogP contribution in [0.15, 0.2) is 23.3 Å². The van der Waals surface area contributed by atoms with Crippen molar-refractivity contribution in [2.24, 2.45) is 10.9 Å². The number of aliphatic imine (C=N–C) groups is 1. The molecule has 138 valence electrons. The molecule has 1 aromatic rings. The van der Waals surface area contributed by atoms with E-state index >= 15 is 0 Å².